The van der Waals surface area contributed by atoms with E-state index in [0.29, 0.717) is 0 Å². The fraction of sp³-hybridized carbons (Fsp3) is 0.318. The van der Waals surface area contributed by atoms with E-state index in [1.165, 1.54) is 33.2 Å². The van der Waals surface area contributed by atoms with E-state index in [-0.39, 0.29) is 5.41 Å². The zero-order valence-electron chi connectivity index (χ0n) is 16.0. The van der Waals surface area contributed by atoms with Crippen LogP contribution in [0.3, 0.4) is 0 Å². The van der Waals surface area contributed by atoms with Crippen LogP contribution in [0.5, 0.6) is 0 Å². The van der Waals surface area contributed by atoms with E-state index in [1.54, 1.807) is 0 Å². The Morgan fingerprint density at radius 2 is 1.60 bits per heavy atom. The zero-order chi connectivity index (χ0) is 18.2. The topological polar surface area (TPSA) is 28.2 Å². The van der Waals surface area contributed by atoms with Crippen LogP contribution in [0.15, 0.2) is 48.7 Å². The number of hydrogen-bond acceptors (Lipinski definition) is 3. The lowest BCUT2D eigenvalue weighted by atomic mass is 9.85. The van der Waals surface area contributed by atoms with E-state index in [9.17, 15) is 0 Å². The van der Waals surface area contributed by atoms with Crippen molar-refractivity contribution in [3.8, 4) is 11.1 Å². The second-order valence-electron chi connectivity index (χ2n) is 7.72. The Bertz CT molecular complexity index is 888. The van der Waals surface area contributed by atoms with Crippen molar-refractivity contribution in [2.75, 3.05) is 31.4 Å². The summed E-state index contributed by atoms with van der Waals surface area (Å²) in [5.41, 5.74) is 4.98. The molecule has 0 aliphatic rings. The molecular weight excluding hydrogens is 306 g/mol. The predicted octanol–water partition coefficient (Wildman–Crippen LogP) is 5.31. The van der Waals surface area contributed by atoms with Crippen molar-refractivity contribution in [3.05, 3.63) is 54.2 Å². The lowest BCUT2D eigenvalue weighted by Crippen LogP contribution is -2.11. The minimum absolute atomic E-state index is 0.114. The van der Waals surface area contributed by atoms with E-state index in [2.05, 4.69) is 92.5 Å². The smallest absolute Gasteiger partial charge is 0.133 e. The standard InChI is InChI=1S/C22H27N3/c1-22(2,3)16-9-12-18-19(13-16)21(23-4)24-14-20(18)15-7-10-17(11-8-15)25(5)6/h7-14H,1-6H3,(H,23,24). The maximum Gasteiger partial charge on any atom is 0.133 e. The molecule has 25 heavy (non-hydrogen) atoms. The summed E-state index contributed by atoms with van der Waals surface area (Å²) in [4.78, 5) is 6.77. The Hall–Kier alpha value is -2.55. The molecule has 3 nitrogen and oxygen atoms in total. The molecule has 0 unspecified atom stereocenters. The lowest BCUT2D eigenvalue weighted by molar-refractivity contribution is 0.591. The van der Waals surface area contributed by atoms with E-state index >= 15 is 0 Å². The second kappa shape index (κ2) is 6.40. The molecular formula is C22H27N3. The van der Waals surface area contributed by atoms with Crippen LogP contribution in [-0.4, -0.2) is 26.1 Å². The highest BCUT2D eigenvalue weighted by Gasteiger charge is 2.16. The van der Waals surface area contributed by atoms with Gasteiger partial charge in [-0.2, -0.15) is 0 Å². The van der Waals surface area contributed by atoms with Gasteiger partial charge in [0.1, 0.15) is 5.82 Å². The first-order valence-electron chi connectivity index (χ1n) is 8.70. The first-order chi connectivity index (χ1) is 11.8. The van der Waals surface area contributed by atoms with Gasteiger partial charge in [-0.15, -0.1) is 0 Å². The third-order valence-electron chi connectivity index (χ3n) is 4.69. The van der Waals surface area contributed by atoms with Crippen molar-refractivity contribution in [3.63, 3.8) is 0 Å². The van der Waals surface area contributed by atoms with E-state index in [1.807, 2.05) is 13.2 Å². The Morgan fingerprint density at radius 1 is 0.920 bits per heavy atom. The Balaban J connectivity index is 2.19. The Labute approximate surface area is 150 Å². The quantitative estimate of drug-likeness (QED) is 0.704. The summed E-state index contributed by atoms with van der Waals surface area (Å²) in [5, 5.41) is 5.63. The second-order valence-corrected chi connectivity index (χ2v) is 7.72. The van der Waals surface area contributed by atoms with Crippen LogP contribution in [0.2, 0.25) is 0 Å². The van der Waals surface area contributed by atoms with Gasteiger partial charge in [0.2, 0.25) is 0 Å². The third-order valence-corrected chi connectivity index (χ3v) is 4.69. The highest BCUT2D eigenvalue weighted by atomic mass is 15.1. The molecule has 3 rings (SSSR count). The first kappa shape index (κ1) is 17.3. The van der Waals surface area contributed by atoms with Gasteiger partial charge in [-0.25, -0.2) is 4.98 Å². The molecule has 0 fully saturated rings. The van der Waals surface area contributed by atoms with Crippen LogP contribution in [0.4, 0.5) is 11.5 Å². The minimum atomic E-state index is 0.114. The van der Waals surface area contributed by atoms with Gasteiger partial charge < -0.3 is 10.2 Å². The summed E-state index contributed by atoms with van der Waals surface area (Å²) in [6.07, 6.45) is 1.97. The van der Waals surface area contributed by atoms with Crippen LogP contribution in [0, 0.1) is 0 Å². The Kier molecular flexibility index (Phi) is 4.42. The first-order valence-corrected chi connectivity index (χ1v) is 8.70. The third kappa shape index (κ3) is 3.32. The molecule has 1 aromatic heterocycles. The zero-order valence-corrected chi connectivity index (χ0v) is 16.0. The van der Waals surface area contributed by atoms with Gasteiger partial charge in [0.15, 0.2) is 0 Å². The van der Waals surface area contributed by atoms with Crippen molar-refractivity contribution >= 4 is 22.3 Å². The van der Waals surface area contributed by atoms with Gasteiger partial charge in [-0.1, -0.05) is 45.0 Å². The molecule has 0 bridgehead atoms. The van der Waals surface area contributed by atoms with Gasteiger partial charge in [0.05, 0.1) is 0 Å². The molecule has 3 heteroatoms. The number of nitrogens with one attached hydrogen (secondary N) is 1. The highest BCUT2D eigenvalue weighted by Crippen LogP contribution is 2.35. The number of pyridine rings is 1. The molecule has 2 aromatic carbocycles. The number of aromatic nitrogens is 1. The van der Waals surface area contributed by atoms with Crippen molar-refractivity contribution in [2.24, 2.45) is 0 Å². The van der Waals surface area contributed by atoms with E-state index < -0.39 is 0 Å². The molecule has 0 radical (unpaired) electrons. The SMILES string of the molecule is CNc1ncc(-c2ccc(N(C)C)cc2)c2ccc(C(C)(C)C)cc12. The molecule has 0 amide bonds. The molecule has 130 valence electrons. The van der Waals surface area contributed by atoms with Crippen LogP contribution in [0.25, 0.3) is 21.9 Å². The fourth-order valence-corrected chi connectivity index (χ4v) is 3.08. The maximum absolute atomic E-state index is 4.66. The summed E-state index contributed by atoms with van der Waals surface area (Å²) in [6, 6.07) is 15.4. The van der Waals surface area contributed by atoms with Crippen LogP contribution >= 0.6 is 0 Å². The number of benzene rings is 2. The van der Waals surface area contributed by atoms with Crippen LogP contribution in [-0.2, 0) is 5.41 Å². The maximum atomic E-state index is 4.66. The number of anilines is 2. The van der Waals surface area contributed by atoms with Gasteiger partial charge >= 0.3 is 0 Å². The summed E-state index contributed by atoms with van der Waals surface area (Å²) in [7, 11) is 6.04. The molecule has 1 heterocycles. The highest BCUT2D eigenvalue weighted by molar-refractivity contribution is 6.02. The summed E-state index contributed by atoms with van der Waals surface area (Å²) < 4.78 is 0. The number of hydrogen-bond donors (Lipinski definition) is 1. The fourth-order valence-electron chi connectivity index (χ4n) is 3.08. The molecule has 0 aliphatic carbocycles. The lowest BCUT2D eigenvalue weighted by Gasteiger charge is -2.21. The summed E-state index contributed by atoms with van der Waals surface area (Å²) in [5.74, 6) is 0.926. The molecule has 0 saturated heterocycles. The molecule has 0 saturated carbocycles. The average Bonchev–Trinajstić information content (AvgIpc) is 2.59. The van der Waals surface area contributed by atoms with Crippen molar-refractivity contribution in [1.29, 1.82) is 0 Å². The molecule has 3 aromatic rings. The van der Waals surface area contributed by atoms with Gasteiger partial charge in [0.25, 0.3) is 0 Å². The van der Waals surface area contributed by atoms with Gasteiger partial charge in [-0.05, 0) is 40.1 Å². The normalized spacial score (nSPS) is 11.6. The van der Waals surface area contributed by atoms with Crippen molar-refractivity contribution < 1.29 is 0 Å². The van der Waals surface area contributed by atoms with Gasteiger partial charge in [-0.3, -0.25) is 0 Å². The number of rotatable bonds is 3. The van der Waals surface area contributed by atoms with Crippen molar-refractivity contribution in [2.45, 2.75) is 26.2 Å². The minimum Gasteiger partial charge on any atom is -0.378 e. The van der Waals surface area contributed by atoms with E-state index in [0.717, 1.165) is 5.82 Å². The number of nitrogens with zero attached hydrogens (tertiary/aromatic N) is 2. The predicted molar refractivity (Wildman–Crippen MR) is 110 cm³/mol. The van der Waals surface area contributed by atoms with Crippen molar-refractivity contribution in [1.82, 2.24) is 4.98 Å². The van der Waals surface area contributed by atoms with Crippen LogP contribution < -0.4 is 10.2 Å². The molecule has 1 N–H and O–H groups in total. The largest absolute Gasteiger partial charge is 0.378 e. The molecule has 0 spiro atoms. The number of fused-ring (bicyclic) bond motifs is 1. The summed E-state index contributed by atoms with van der Waals surface area (Å²) in [6.45, 7) is 6.72. The molecule has 0 atom stereocenters. The van der Waals surface area contributed by atoms with Gasteiger partial charge in [0, 0.05) is 44.0 Å². The Morgan fingerprint density at radius 3 is 2.16 bits per heavy atom. The molecule has 0 aliphatic heterocycles. The van der Waals surface area contributed by atoms with E-state index in [4.69, 9.17) is 0 Å². The van der Waals surface area contributed by atoms with Crippen LogP contribution in [0.1, 0.15) is 26.3 Å². The monoisotopic (exact) mass is 333 g/mol. The average molecular weight is 333 g/mol. The summed E-state index contributed by atoms with van der Waals surface area (Å²) >= 11 is 0.